The highest BCUT2D eigenvalue weighted by molar-refractivity contribution is 14.0. The summed E-state index contributed by atoms with van der Waals surface area (Å²) in [4.78, 5) is 6.95. The molecule has 1 aliphatic heterocycles. The minimum absolute atomic E-state index is 0. The summed E-state index contributed by atoms with van der Waals surface area (Å²) in [6.07, 6.45) is 0. The molecule has 0 aromatic heterocycles. The molecule has 1 heterocycles. The average molecular weight is 512 g/mol. The van der Waals surface area contributed by atoms with Gasteiger partial charge in [0.05, 0.1) is 19.8 Å². The van der Waals surface area contributed by atoms with Gasteiger partial charge in [-0.15, -0.1) is 24.0 Å². The Balaban J connectivity index is 0.00000300. The molecule has 2 aromatic rings. The first-order valence-electron chi connectivity index (χ1n) is 9.84. The first kappa shape index (κ1) is 23.4. The van der Waals surface area contributed by atoms with E-state index in [1.807, 2.05) is 13.0 Å². The molecular weight excluding hydrogens is 482 g/mol. The van der Waals surface area contributed by atoms with E-state index in [-0.39, 0.29) is 29.8 Å². The van der Waals surface area contributed by atoms with Crippen molar-refractivity contribution in [3.63, 3.8) is 0 Å². The fourth-order valence-electron chi connectivity index (χ4n) is 3.15. The SMILES string of the molecule is CCNC(=NCc1ccc(F)c(C)c1)NCc1ccc(N2CCOCC2)cc1.I. The Labute approximate surface area is 189 Å². The molecule has 7 heteroatoms. The number of benzene rings is 2. The molecule has 0 atom stereocenters. The summed E-state index contributed by atoms with van der Waals surface area (Å²) in [5.74, 6) is 0.569. The lowest BCUT2D eigenvalue weighted by atomic mass is 10.1. The van der Waals surface area contributed by atoms with Crippen LogP contribution in [0, 0.1) is 12.7 Å². The van der Waals surface area contributed by atoms with E-state index in [0.29, 0.717) is 18.7 Å². The maximum absolute atomic E-state index is 13.4. The van der Waals surface area contributed by atoms with Crippen LogP contribution in [0.3, 0.4) is 0 Å². The minimum atomic E-state index is -0.182. The summed E-state index contributed by atoms with van der Waals surface area (Å²) in [6.45, 7) is 9.26. The second kappa shape index (κ2) is 12.0. The zero-order valence-corrected chi connectivity index (χ0v) is 19.4. The largest absolute Gasteiger partial charge is 0.378 e. The highest BCUT2D eigenvalue weighted by atomic mass is 127. The van der Waals surface area contributed by atoms with Gasteiger partial charge in [0.25, 0.3) is 0 Å². The summed E-state index contributed by atoms with van der Waals surface area (Å²) in [5, 5.41) is 6.62. The van der Waals surface area contributed by atoms with Crippen molar-refractivity contribution >= 4 is 35.6 Å². The van der Waals surface area contributed by atoms with Crippen LogP contribution in [0.1, 0.15) is 23.6 Å². The quantitative estimate of drug-likeness (QED) is 0.351. The molecule has 5 nitrogen and oxygen atoms in total. The van der Waals surface area contributed by atoms with Crippen molar-refractivity contribution in [2.45, 2.75) is 26.9 Å². The van der Waals surface area contributed by atoms with Crippen LogP contribution in [0.2, 0.25) is 0 Å². The third-order valence-corrected chi connectivity index (χ3v) is 4.76. The summed E-state index contributed by atoms with van der Waals surface area (Å²) < 4.78 is 18.8. The molecule has 158 valence electrons. The molecule has 0 radical (unpaired) electrons. The Morgan fingerprint density at radius 3 is 2.41 bits per heavy atom. The number of guanidine groups is 1. The van der Waals surface area contributed by atoms with Gasteiger partial charge in [-0.05, 0) is 48.7 Å². The van der Waals surface area contributed by atoms with Crippen LogP contribution in [0.15, 0.2) is 47.5 Å². The van der Waals surface area contributed by atoms with E-state index in [4.69, 9.17) is 4.74 Å². The van der Waals surface area contributed by atoms with Gasteiger partial charge in [-0.1, -0.05) is 24.3 Å². The van der Waals surface area contributed by atoms with Crippen molar-refractivity contribution in [3.8, 4) is 0 Å². The van der Waals surface area contributed by atoms with Crippen LogP contribution in [0.5, 0.6) is 0 Å². The van der Waals surface area contributed by atoms with Gasteiger partial charge in [0.1, 0.15) is 5.82 Å². The van der Waals surface area contributed by atoms with Crippen molar-refractivity contribution in [1.82, 2.24) is 10.6 Å². The maximum Gasteiger partial charge on any atom is 0.191 e. The number of morpholine rings is 1. The number of aliphatic imine (C=N–C) groups is 1. The molecule has 0 unspecified atom stereocenters. The summed E-state index contributed by atoms with van der Waals surface area (Å²) in [5.41, 5.74) is 4.07. The number of halogens is 2. The Morgan fingerprint density at radius 1 is 1.07 bits per heavy atom. The molecule has 0 saturated carbocycles. The molecule has 0 amide bonds. The monoisotopic (exact) mass is 512 g/mol. The molecule has 2 N–H and O–H groups in total. The molecule has 2 aromatic carbocycles. The molecule has 29 heavy (non-hydrogen) atoms. The molecule has 0 spiro atoms. The molecule has 1 saturated heterocycles. The van der Waals surface area contributed by atoms with Gasteiger partial charge in [0, 0.05) is 31.9 Å². The van der Waals surface area contributed by atoms with Gasteiger partial charge in [0.2, 0.25) is 0 Å². The Kier molecular flexibility index (Phi) is 9.66. The third-order valence-electron chi connectivity index (χ3n) is 4.76. The fourth-order valence-corrected chi connectivity index (χ4v) is 3.15. The second-order valence-corrected chi connectivity index (χ2v) is 6.90. The lowest BCUT2D eigenvalue weighted by Crippen LogP contribution is -2.37. The van der Waals surface area contributed by atoms with Gasteiger partial charge < -0.3 is 20.3 Å². The Hall–Kier alpha value is -1.87. The number of rotatable bonds is 6. The van der Waals surface area contributed by atoms with Crippen molar-refractivity contribution in [3.05, 3.63) is 65.0 Å². The van der Waals surface area contributed by atoms with Crippen LogP contribution < -0.4 is 15.5 Å². The number of nitrogens with zero attached hydrogens (tertiary/aromatic N) is 2. The summed E-state index contributed by atoms with van der Waals surface area (Å²) >= 11 is 0. The number of ether oxygens (including phenoxy) is 1. The zero-order chi connectivity index (χ0) is 19.8. The topological polar surface area (TPSA) is 48.9 Å². The molecule has 1 fully saturated rings. The van der Waals surface area contributed by atoms with E-state index >= 15 is 0 Å². The zero-order valence-electron chi connectivity index (χ0n) is 17.1. The smallest absolute Gasteiger partial charge is 0.191 e. The van der Waals surface area contributed by atoms with Crippen LogP contribution >= 0.6 is 24.0 Å². The fraction of sp³-hybridized carbons (Fsp3) is 0.409. The standard InChI is InChI=1S/C22H29FN4O.HI/c1-3-24-22(26-16-19-6-9-21(23)17(2)14-19)25-15-18-4-7-20(8-5-18)27-10-12-28-13-11-27;/h4-9,14H,3,10-13,15-16H2,1-2H3,(H2,24,25,26);1H. The van der Waals surface area contributed by atoms with Crippen molar-refractivity contribution < 1.29 is 9.13 Å². The van der Waals surface area contributed by atoms with Crippen molar-refractivity contribution in [1.29, 1.82) is 0 Å². The third kappa shape index (κ3) is 7.15. The predicted octanol–water partition coefficient (Wildman–Crippen LogP) is 3.84. The predicted molar refractivity (Wildman–Crippen MR) is 128 cm³/mol. The average Bonchev–Trinajstić information content (AvgIpc) is 2.73. The summed E-state index contributed by atoms with van der Waals surface area (Å²) in [6, 6.07) is 13.7. The van der Waals surface area contributed by atoms with E-state index in [1.165, 1.54) is 17.3 Å². The van der Waals surface area contributed by atoms with Crippen molar-refractivity contribution in [2.24, 2.45) is 4.99 Å². The molecule has 1 aliphatic rings. The van der Waals surface area contributed by atoms with Gasteiger partial charge in [-0.3, -0.25) is 0 Å². The van der Waals surface area contributed by atoms with E-state index in [1.54, 1.807) is 13.0 Å². The van der Waals surface area contributed by atoms with Gasteiger partial charge in [-0.2, -0.15) is 0 Å². The highest BCUT2D eigenvalue weighted by Crippen LogP contribution is 2.16. The van der Waals surface area contributed by atoms with Crippen LogP contribution in [0.4, 0.5) is 10.1 Å². The Bertz CT molecular complexity index is 792. The minimum Gasteiger partial charge on any atom is -0.378 e. The molecular formula is C22H30FIN4O. The van der Waals surface area contributed by atoms with Crippen LogP contribution in [-0.4, -0.2) is 38.8 Å². The Morgan fingerprint density at radius 2 is 1.76 bits per heavy atom. The lowest BCUT2D eigenvalue weighted by molar-refractivity contribution is 0.122. The number of hydrogen-bond acceptors (Lipinski definition) is 3. The van der Waals surface area contributed by atoms with E-state index in [2.05, 4.69) is 44.8 Å². The van der Waals surface area contributed by atoms with E-state index < -0.39 is 0 Å². The van der Waals surface area contributed by atoms with E-state index in [0.717, 1.165) is 44.4 Å². The van der Waals surface area contributed by atoms with E-state index in [9.17, 15) is 4.39 Å². The summed E-state index contributed by atoms with van der Waals surface area (Å²) in [7, 11) is 0. The van der Waals surface area contributed by atoms with Gasteiger partial charge >= 0.3 is 0 Å². The van der Waals surface area contributed by atoms with Crippen LogP contribution in [0.25, 0.3) is 0 Å². The molecule has 0 aliphatic carbocycles. The first-order valence-corrected chi connectivity index (χ1v) is 9.84. The normalized spacial score (nSPS) is 14.3. The lowest BCUT2D eigenvalue weighted by Gasteiger charge is -2.28. The number of hydrogen-bond donors (Lipinski definition) is 2. The highest BCUT2D eigenvalue weighted by Gasteiger charge is 2.10. The second-order valence-electron chi connectivity index (χ2n) is 6.90. The van der Waals surface area contributed by atoms with Crippen molar-refractivity contribution in [2.75, 3.05) is 37.7 Å². The number of aryl methyl sites for hydroxylation is 1. The van der Waals surface area contributed by atoms with Crippen LogP contribution in [-0.2, 0) is 17.8 Å². The number of anilines is 1. The maximum atomic E-state index is 13.4. The first-order chi connectivity index (χ1) is 13.7. The number of nitrogens with one attached hydrogen (secondary N) is 2. The molecule has 3 rings (SSSR count). The van der Waals surface area contributed by atoms with Gasteiger partial charge in [-0.25, -0.2) is 9.38 Å². The molecule has 0 bridgehead atoms. The van der Waals surface area contributed by atoms with Gasteiger partial charge in [0.15, 0.2) is 5.96 Å².